The van der Waals surface area contributed by atoms with E-state index in [1.165, 1.54) is 16.0 Å². The fourth-order valence-electron chi connectivity index (χ4n) is 2.38. The minimum absolute atomic E-state index is 0.158. The Balaban J connectivity index is 2.03. The minimum atomic E-state index is -0.158. The van der Waals surface area contributed by atoms with Crippen LogP contribution in [0.1, 0.15) is 11.3 Å². The number of hydrogen-bond acceptors (Lipinski definition) is 5. The largest absolute Gasteiger partial charge is 0.292 e. The number of nitrogens with zero attached hydrogens (tertiary/aromatic N) is 4. The lowest BCUT2D eigenvalue weighted by Crippen LogP contribution is -2.21. The second-order valence-corrected chi connectivity index (χ2v) is 6.23. The Kier molecular flexibility index (Phi) is 2.80. The second kappa shape index (κ2) is 4.71. The third kappa shape index (κ3) is 1.92. The van der Waals surface area contributed by atoms with Gasteiger partial charge in [-0.25, -0.2) is 4.98 Å². The molecule has 0 saturated carbocycles. The highest BCUT2D eigenvalue weighted by molar-refractivity contribution is 7.25. The van der Waals surface area contributed by atoms with Crippen molar-refractivity contribution in [3.05, 3.63) is 58.0 Å². The summed E-state index contributed by atoms with van der Waals surface area (Å²) in [5.74, 6) is 0. The molecule has 0 aliphatic heterocycles. The highest BCUT2D eigenvalue weighted by Gasteiger charge is 2.14. The van der Waals surface area contributed by atoms with Gasteiger partial charge in [0.1, 0.15) is 15.0 Å². The molecule has 0 atom stereocenters. The number of rotatable bonds is 1. The van der Waals surface area contributed by atoms with Crippen LogP contribution < -0.4 is 5.56 Å². The van der Waals surface area contributed by atoms with Crippen LogP contribution in [-0.4, -0.2) is 20.0 Å². The molecule has 1 aromatic carbocycles. The molecule has 6 heteroatoms. The molecule has 0 radical (unpaired) electrons. The molecule has 0 unspecified atom stereocenters. The lowest BCUT2D eigenvalue weighted by molar-refractivity contribution is 0.740. The minimum Gasteiger partial charge on any atom is -0.266 e. The van der Waals surface area contributed by atoms with Crippen LogP contribution in [0.5, 0.6) is 0 Å². The zero-order chi connectivity index (χ0) is 15.3. The van der Waals surface area contributed by atoms with E-state index in [0.717, 1.165) is 21.5 Å². The van der Waals surface area contributed by atoms with Crippen LogP contribution >= 0.6 is 11.3 Å². The summed E-state index contributed by atoms with van der Waals surface area (Å²) in [4.78, 5) is 18.0. The molecule has 22 heavy (non-hydrogen) atoms. The molecule has 0 N–H and O–H groups in total. The number of fused-ring (bicyclic) bond motifs is 3. The van der Waals surface area contributed by atoms with Crippen LogP contribution in [0.15, 0.2) is 41.2 Å². The molecule has 0 saturated heterocycles. The number of pyridine rings is 1. The second-order valence-electron chi connectivity index (χ2n) is 5.23. The summed E-state index contributed by atoms with van der Waals surface area (Å²) in [6, 6.07) is 11.5. The maximum Gasteiger partial charge on any atom is 0.292 e. The summed E-state index contributed by atoms with van der Waals surface area (Å²) in [5.41, 5.74) is 3.24. The van der Waals surface area contributed by atoms with Gasteiger partial charge in [0.15, 0.2) is 0 Å². The van der Waals surface area contributed by atoms with E-state index in [1.54, 1.807) is 0 Å². The first-order valence-electron chi connectivity index (χ1n) is 6.86. The molecule has 3 heterocycles. The van der Waals surface area contributed by atoms with Crippen molar-refractivity contribution in [2.75, 3.05) is 0 Å². The Hall–Kier alpha value is -2.60. The summed E-state index contributed by atoms with van der Waals surface area (Å²) < 4.78 is 1.92. The van der Waals surface area contributed by atoms with E-state index in [1.807, 2.05) is 50.2 Å². The van der Waals surface area contributed by atoms with Gasteiger partial charge in [-0.1, -0.05) is 22.9 Å². The predicted octanol–water partition coefficient (Wildman–Crippen LogP) is 3.01. The first kappa shape index (κ1) is 13.1. The molecule has 4 aromatic rings. The first-order chi connectivity index (χ1) is 10.6. The molecule has 0 aliphatic rings. The molecule has 4 rings (SSSR count). The number of aryl methyl sites for hydroxylation is 2. The zero-order valence-corrected chi connectivity index (χ0v) is 12.9. The molecule has 3 aromatic heterocycles. The Morgan fingerprint density at radius 3 is 2.59 bits per heavy atom. The van der Waals surface area contributed by atoms with E-state index in [4.69, 9.17) is 0 Å². The Morgan fingerprint density at radius 1 is 1.05 bits per heavy atom. The van der Waals surface area contributed by atoms with Crippen molar-refractivity contribution in [1.82, 2.24) is 20.0 Å². The highest BCUT2D eigenvalue weighted by atomic mass is 32.1. The molecule has 0 fully saturated rings. The number of hydrogen-bond donors (Lipinski definition) is 0. The van der Waals surface area contributed by atoms with Crippen molar-refractivity contribution in [3.8, 4) is 5.69 Å². The van der Waals surface area contributed by atoms with Gasteiger partial charge in [-0.3, -0.25) is 4.79 Å². The van der Waals surface area contributed by atoms with Gasteiger partial charge in [-0.15, -0.1) is 16.4 Å². The quantitative estimate of drug-likeness (QED) is 0.542. The topological polar surface area (TPSA) is 60.7 Å². The van der Waals surface area contributed by atoms with E-state index < -0.39 is 0 Å². The van der Waals surface area contributed by atoms with E-state index in [0.29, 0.717) is 15.9 Å². The van der Waals surface area contributed by atoms with Crippen molar-refractivity contribution < 1.29 is 0 Å². The van der Waals surface area contributed by atoms with Crippen molar-refractivity contribution in [1.29, 1.82) is 0 Å². The predicted molar refractivity (Wildman–Crippen MR) is 87.8 cm³/mol. The van der Waals surface area contributed by atoms with Gasteiger partial charge >= 0.3 is 0 Å². The Morgan fingerprint density at radius 2 is 1.82 bits per heavy atom. The molecule has 0 amide bonds. The molecule has 108 valence electrons. The van der Waals surface area contributed by atoms with E-state index >= 15 is 0 Å². The van der Waals surface area contributed by atoms with Gasteiger partial charge in [-0.05, 0) is 38.1 Å². The van der Waals surface area contributed by atoms with Gasteiger partial charge in [0.2, 0.25) is 0 Å². The van der Waals surface area contributed by atoms with E-state index in [-0.39, 0.29) is 5.56 Å². The average Bonchev–Trinajstić information content (AvgIpc) is 2.87. The highest BCUT2D eigenvalue weighted by Crippen LogP contribution is 2.28. The van der Waals surface area contributed by atoms with E-state index in [9.17, 15) is 4.79 Å². The number of aromatic nitrogens is 4. The van der Waals surface area contributed by atoms with Crippen LogP contribution in [-0.2, 0) is 0 Å². The van der Waals surface area contributed by atoms with Crippen molar-refractivity contribution >= 4 is 31.8 Å². The van der Waals surface area contributed by atoms with Crippen LogP contribution in [0.2, 0.25) is 0 Å². The molecule has 0 bridgehead atoms. The third-order valence-electron chi connectivity index (χ3n) is 3.57. The summed E-state index contributed by atoms with van der Waals surface area (Å²) >= 11 is 1.37. The van der Waals surface area contributed by atoms with Gasteiger partial charge in [0, 0.05) is 11.1 Å². The summed E-state index contributed by atoms with van der Waals surface area (Å²) in [6.07, 6.45) is 0. The van der Waals surface area contributed by atoms with Gasteiger partial charge < -0.3 is 0 Å². The van der Waals surface area contributed by atoms with Gasteiger partial charge in [0.05, 0.1) is 5.69 Å². The van der Waals surface area contributed by atoms with Crippen LogP contribution in [0, 0.1) is 13.8 Å². The lowest BCUT2D eigenvalue weighted by Gasteiger charge is -2.03. The molecule has 5 nitrogen and oxygen atoms in total. The Bertz CT molecular complexity index is 1060. The maximum atomic E-state index is 12.7. The van der Waals surface area contributed by atoms with Gasteiger partial charge in [0.25, 0.3) is 5.56 Å². The molecular weight excluding hydrogens is 296 g/mol. The van der Waals surface area contributed by atoms with Crippen LogP contribution in [0.4, 0.5) is 0 Å². The Labute approximate surface area is 129 Å². The zero-order valence-electron chi connectivity index (χ0n) is 12.1. The summed E-state index contributed by atoms with van der Waals surface area (Å²) in [7, 11) is 0. The molecule has 0 spiro atoms. The van der Waals surface area contributed by atoms with Crippen LogP contribution in [0.3, 0.4) is 0 Å². The van der Waals surface area contributed by atoms with Gasteiger partial charge in [-0.2, -0.15) is 4.68 Å². The van der Waals surface area contributed by atoms with Crippen molar-refractivity contribution in [3.63, 3.8) is 0 Å². The number of benzene rings is 1. The fraction of sp³-hybridized carbons (Fsp3) is 0.125. The normalized spacial score (nSPS) is 11.4. The monoisotopic (exact) mass is 308 g/mol. The molecular formula is C16H12N4OS. The lowest BCUT2D eigenvalue weighted by atomic mass is 10.2. The van der Waals surface area contributed by atoms with Crippen LogP contribution in [0.25, 0.3) is 26.1 Å². The molecule has 0 aliphatic carbocycles. The SMILES string of the molecule is Cc1ccc(-n2nnc3c(sc4nc(C)ccc43)c2=O)cc1. The third-order valence-corrected chi connectivity index (χ3v) is 4.64. The van der Waals surface area contributed by atoms with E-state index in [2.05, 4.69) is 15.3 Å². The first-order valence-corrected chi connectivity index (χ1v) is 7.68. The number of thiophene rings is 1. The smallest absolute Gasteiger partial charge is 0.266 e. The fourth-order valence-corrected chi connectivity index (χ4v) is 3.46. The average molecular weight is 308 g/mol. The maximum absolute atomic E-state index is 12.7. The summed E-state index contributed by atoms with van der Waals surface area (Å²) in [6.45, 7) is 3.93. The van der Waals surface area contributed by atoms with Crippen molar-refractivity contribution in [2.45, 2.75) is 13.8 Å². The van der Waals surface area contributed by atoms with Crippen molar-refractivity contribution in [2.24, 2.45) is 0 Å². The standard InChI is InChI=1S/C16H12N4OS/c1-9-3-6-11(7-4-9)20-16(21)14-13(18-19-20)12-8-5-10(2)17-15(12)22-14/h3-8H,1-2H3. The summed E-state index contributed by atoms with van der Waals surface area (Å²) in [5, 5.41) is 9.21.